The van der Waals surface area contributed by atoms with Crippen molar-refractivity contribution in [3.63, 3.8) is 0 Å². The van der Waals surface area contributed by atoms with Gasteiger partial charge in [0.25, 0.3) is 0 Å². The van der Waals surface area contributed by atoms with Crippen molar-refractivity contribution in [3.8, 4) is 0 Å². The smallest absolute Gasteiger partial charge is 0.303 e. The first kappa shape index (κ1) is 16.2. The molecule has 2 atom stereocenters. The van der Waals surface area contributed by atoms with Gasteiger partial charge in [0.1, 0.15) is 0 Å². The summed E-state index contributed by atoms with van der Waals surface area (Å²) in [4.78, 5) is 10.6. The Morgan fingerprint density at radius 2 is 2.06 bits per heavy atom. The molecule has 17 heavy (non-hydrogen) atoms. The molecule has 0 saturated heterocycles. The van der Waals surface area contributed by atoms with Crippen LogP contribution < -0.4 is 0 Å². The summed E-state index contributed by atoms with van der Waals surface area (Å²) in [7, 11) is 0. The van der Waals surface area contributed by atoms with Crippen LogP contribution in [0.4, 0.5) is 0 Å². The van der Waals surface area contributed by atoms with Gasteiger partial charge in [0.05, 0.1) is 0 Å². The number of hydrogen-bond donors (Lipinski definition) is 1. The van der Waals surface area contributed by atoms with Gasteiger partial charge in [0, 0.05) is 6.42 Å². The maximum absolute atomic E-state index is 10.6. The molecule has 0 bridgehead atoms. The average Bonchev–Trinajstić information content (AvgIpc) is 2.24. The molecule has 0 aromatic heterocycles. The van der Waals surface area contributed by atoms with Crippen LogP contribution in [0.2, 0.25) is 0 Å². The van der Waals surface area contributed by atoms with Gasteiger partial charge in [0.15, 0.2) is 0 Å². The third kappa shape index (κ3) is 4.93. The van der Waals surface area contributed by atoms with Gasteiger partial charge in [-0.1, -0.05) is 40.2 Å². The van der Waals surface area contributed by atoms with Crippen LogP contribution in [-0.4, -0.2) is 11.1 Å². The highest BCUT2D eigenvalue weighted by Crippen LogP contribution is 2.43. The summed E-state index contributed by atoms with van der Waals surface area (Å²) in [6.45, 7) is 12.8. The second kappa shape index (κ2) is 7.52. The Hall–Kier alpha value is -0.790. The van der Waals surface area contributed by atoms with E-state index in [0.29, 0.717) is 11.8 Å². The van der Waals surface area contributed by atoms with Crippen LogP contribution in [0.5, 0.6) is 0 Å². The van der Waals surface area contributed by atoms with E-state index < -0.39 is 5.97 Å². The highest BCUT2D eigenvalue weighted by Gasteiger charge is 2.34. The Morgan fingerprint density at radius 1 is 1.47 bits per heavy atom. The fourth-order valence-electron chi connectivity index (χ4n) is 2.69. The van der Waals surface area contributed by atoms with Gasteiger partial charge in [-0.05, 0) is 36.5 Å². The Kier molecular flexibility index (Phi) is 7.17. The zero-order chi connectivity index (χ0) is 13.5. The predicted molar refractivity (Wildman–Crippen MR) is 73.0 cm³/mol. The largest absolute Gasteiger partial charge is 0.481 e. The summed E-state index contributed by atoms with van der Waals surface area (Å²) >= 11 is 0. The fourth-order valence-corrected chi connectivity index (χ4v) is 2.69. The van der Waals surface area contributed by atoms with Gasteiger partial charge in [-0.2, -0.15) is 0 Å². The van der Waals surface area contributed by atoms with Crippen molar-refractivity contribution < 1.29 is 9.90 Å². The molecule has 0 rings (SSSR count). The van der Waals surface area contributed by atoms with Gasteiger partial charge in [-0.25, -0.2) is 0 Å². The van der Waals surface area contributed by atoms with E-state index in [2.05, 4.69) is 34.3 Å². The lowest BCUT2D eigenvalue weighted by Gasteiger charge is -2.41. The predicted octanol–water partition coefficient (Wildman–Crippen LogP) is 4.51. The van der Waals surface area contributed by atoms with E-state index in [0.717, 1.165) is 25.7 Å². The minimum atomic E-state index is -0.687. The molecule has 0 spiro atoms. The molecular formula is C15H28O2. The molecular weight excluding hydrogens is 212 g/mol. The third-order valence-electron chi connectivity index (χ3n) is 4.30. The number of carboxylic acid groups (broad SMARTS) is 1. The molecule has 2 unspecified atom stereocenters. The van der Waals surface area contributed by atoms with Crippen LogP contribution in [0, 0.1) is 17.3 Å². The van der Waals surface area contributed by atoms with Crippen LogP contribution in [0.1, 0.15) is 59.8 Å². The third-order valence-corrected chi connectivity index (χ3v) is 4.30. The maximum Gasteiger partial charge on any atom is 0.303 e. The molecule has 0 aliphatic heterocycles. The molecule has 0 aromatic carbocycles. The first-order valence-electron chi connectivity index (χ1n) is 6.71. The maximum atomic E-state index is 10.6. The molecule has 0 saturated carbocycles. The average molecular weight is 240 g/mol. The molecule has 2 heteroatoms. The van der Waals surface area contributed by atoms with E-state index in [1.54, 1.807) is 0 Å². The molecule has 0 aromatic rings. The van der Waals surface area contributed by atoms with Crippen molar-refractivity contribution in [3.05, 3.63) is 12.7 Å². The normalized spacial score (nSPS) is 16.5. The SMILES string of the molecule is C=CCC(CC)C(C)(CCCC(=O)O)C(C)C. The Balaban J connectivity index is 4.63. The standard InChI is InChI=1S/C15H28O2/c1-6-9-13(7-2)15(5,12(3)4)11-8-10-14(16)17/h6,12-13H,1,7-11H2,2-5H3,(H,16,17). The van der Waals surface area contributed by atoms with E-state index in [4.69, 9.17) is 5.11 Å². The molecule has 2 nitrogen and oxygen atoms in total. The van der Waals surface area contributed by atoms with Crippen molar-refractivity contribution >= 4 is 5.97 Å². The van der Waals surface area contributed by atoms with Gasteiger partial charge in [-0.3, -0.25) is 4.79 Å². The molecule has 0 aliphatic rings. The number of allylic oxidation sites excluding steroid dienone is 1. The summed E-state index contributed by atoms with van der Waals surface area (Å²) in [5.41, 5.74) is 0.221. The Labute approximate surface area is 106 Å². The molecule has 0 amide bonds. The van der Waals surface area contributed by atoms with E-state index in [-0.39, 0.29) is 11.8 Å². The van der Waals surface area contributed by atoms with Crippen molar-refractivity contribution in [2.24, 2.45) is 17.3 Å². The highest BCUT2D eigenvalue weighted by molar-refractivity contribution is 5.66. The summed E-state index contributed by atoms with van der Waals surface area (Å²) in [6, 6.07) is 0. The van der Waals surface area contributed by atoms with Crippen molar-refractivity contribution in [1.29, 1.82) is 0 Å². The molecule has 100 valence electrons. The van der Waals surface area contributed by atoms with Crippen molar-refractivity contribution in [2.45, 2.75) is 59.8 Å². The summed E-state index contributed by atoms with van der Waals surface area (Å²) < 4.78 is 0. The first-order chi connectivity index (χ1) is 7.88. The van der Waals surface area contributed by atoms with E-state index >= 15 is 0 Å². The number of carboxylic acids is 1. The van der Waals surface area contributed by atoms with Crippen LogP contribution in [-0.2, 0) is 4.79 Å². The molecule has 0 fully saturated rings. The molecule has 0 aliphatic carbocycles. The van der Waals surface area contributed by atoms with E-state index in [1.807, 2.05) is 6.08 Å². The van der Waals surface area contributed by atoms with Crippen LogP contribution in [0.25, 0.3) is 0 Å². The first-order valence-corrected chi connectivity index (χ1v) is 6.71. The number of aliphatic carboxylic acids is 1. The zero-order valence-electron chi connectivity index (χ0n) is 11.8. The lowest BCUT2D eigenvalue weighted by Crippen LogP contribution is -2.32. The van der Waals surface area contributed by atoms with E-state index in [1.165, 1.54) is 0 Å². The number of hydrogen-bond acceptors (Lipinski definition) is 1. The minimum Gasteiger partial charge on any atom is -0.481 e. The van der Waals surface area contributed by atoms with Crippen LogP contribution in [0.15, 0.2) is 12.7 Å². The van der Waals surface area contributed by atoms with Gasteiger partial charge < -0.3 is 5.11 Å². The van der Waals surface area contributed by atoms with Crippen LogP contribution >= 0.6 is 0 Å². The highest BCUT2D eigenvalue weighted by atomic mass is 16.4. The molecule has 0 heterocycles. The lowest BCUT2D eigenvalue weighted by atomic mass is 9.64. The summed E-state index contributed by atoms with van der Waals surface area (Å²) in [6.07, 6.45) is 6.20. The quantitative estimate of drug-likeness (QED) is 0.602. The second-order valence-electron chi connectivity index (χ2n) is 5.54. The Bertz CT molecular complexity index is 245. The molecule has 0 radical (unpaired) electrons. The summed E-state index contributed by atoms with van der Waals surface area (Å²) in [5.74, 6) is 0.489. The van der Waals surface area contributed by atoms with Crippen LogP contribution in [0.3, 0.4) is 0 Å². The minimum absolute atomic E-state index is 0.221. The van der Waals surface area contributed by atoms with Crippen molar-refractivity contribution in [2.75, 3.05) is 0 Å². The Morgan fingerprint density at radius 3 is 2.41 bits per heavy atom. The number of carbonyl (C=O) groups is 1. The fraction of sp³-hybridized carbons (Fsp3) is 0.800. The number of rotatable bonds is 9. The topological polar surface area (TPSA) is 37.3 Å². The monoisotopic (exact) mass is 240 g/mol. The van der Waals surface area contributed by atoms with Gasteiger partial charge in [0.2, 0.25) is 0 Å². The zero-order valence-corrected chi connectivity index (χ0v) is 11.8. The molecule has 1 N–H and O–H groups in total. The second-order valence-corrected chi connectivity index (χ2v) is 5.54. The summed E-state index contributed by atoms with van der Waals surface area (Å²) in [5, 5.41) is 8.73. The van der Waals surface area contributed by atoms with Crippen molar-refractivity contribution in [1.82, 2.24) is 0 Å². The lowest BCUT2D eigenvalue weighted by molar-refractivity contribution is -0.137. The van der Waals surface area contributed by atoms with E-state index in [9.17, 15) is 4.79 Å². The van der Waals surface area contributed by atoms with Gasteiger partial charge in [-0.15, -0.1) is 6.58 Å². The van der Waals surface area contributed by atoms with Gasteiger partial charge >= 0.3 is 5.97 Å².